The van der Waals surface area contributed by atoms with Crippen LogP contribution in [0.2, 0.25) is 0 Å². The summed E-state index contributed by atoms with van der Waals surface area (Å²) in [4.78, 5) is 27.2. The molecule has 2 heterocycles. The van der Waals surface area contributed by atoms with E-state index in [-0.39, 0.29) is 11.8 Å². The highest BCUT2D eigenvalue weighted by atomic mass is 16.2. The number of unbranched alkanes of at least 4 members (excludes halogenated alkanes) is 2. The Kier molecular flexibility index (Phi) is 5.94. The minimum Gasteiger partial charge on any atom is -0.351 e. The lowest BCUT2D eigenvalue weighted by Crippen LogP contribution is -2.37. The topological polar surface area (TPSA) is 78.1 Å². The van der Waals surface area contributed by atoms with Crippen molar-refractivity contribution in [3.63, 3.8) is 0 Å². The molecule has 0 unspecified atom stereocenters. The van der Waals surface area contributed by atoms with E-state index >= 15 is 0 Å². The van der Waals surface area contributed by atoms with Crippen LogP contribution in [0.25, 0.3) is 0 Å². The van der Waals surface area contributed by atoms with E-state index in [1.807, 2.05) is 26.0 Å². The fourth-order valence-corrected chi connectivity index (χ4v) is 3.60. The molecule has 0 radical (unpaired) electrons. The van der Waals surface area contributed by atoms with Gasteiger partial charge in [0.2, 0.25) is 0 Å². The molecule has 1 aromatic heterocycles. The number of hydrogen-bond donors (Lipinski definition) is 2. The summed E-state index contributed by atoms with van der Waals surface area (Å²) in [6.45, 7) is 7.81. The number of rotatable bonds is 6. The van der Waals surface area contributed by atoms with Crippen molar-refractivity contribution in [3.05, 3.63) is 51.8 Å². The van der Waals surface area contributed by atoms with Crippen LogP contribution in [0.15, 0.2) is 18.2 Å². The summed E-state index contributed by atoms with van der Waals surface area (Å²) in [7, 11) is 0. The van der Waals surface area contributed by atoms with Crippen molar-refractivity contribution < 1.29 is 9.59 Å². The maximum atomic E-state index is 13.0. The molecule has 0 saturated heterocycles. The van der Waals surface area contributed by atoms with Gasteiger partial charge >= 0.3 is 0 Å². The van der Waals surface area contributed by atoms with Crippen LogP contribution in [0.1, 0.15) is 69.4 Å². The largest absolute Gasteiger partial charge is 0.351 e. The predicted octanol–water partition coefficient (Wildman–Crippen LogP) is 3.15. The van der Waals surface area contributed by atoms with Crippen molar-refractivity contribution in [1.29, 1.82) is 0 Å². The van der Waals surface area contributed by atoms with E-state index in [2.05, 4.69) is 28.5 Å². The van der Waals surface area contributed by atoms with E-state index < -0.39 is 0 Å². The first kappa shape index (κ1) is 19.1. The Morgan fingerprint density at radius 3 is 2.63 bits per heavy atom. The molecule has 2 amide bonds. The number of aromatic amines is 1. The molecule has 0 atom stereocenters. The van der Waals surface area contributed by atoms with Crippen molar-refractivity contribution in [2.75, 3.05) is 13.1 Å². The molecule has 3 rings (SSSR count). The van der Waals surface area contributed by atoms with Crippen molar-refractivity contribution in [1.82, 2.24) is 20.4 Å². The molecule has 0 fully saturated rings. The number of nitrogens with zero attached hydrogens (tertiary/aromatic N) is 2. The van der Waals surface area contributed by atoms with Crippen molar-refractivity contribution in [3.8, 4) is 0 Å². The standard InChI is InChI=1S/C21H28N4O2/c1-4-5-6-8-22-20(26)19-17-13-25(9-7-18(17)23-24-19)21(27)16-11-14(2)10-15(3)12-16/h10-12H,4-9,13H2,1-3H3,(H,22,26)(H,23,24). The molecule has 27 heavy (non-hydrogen) atoms. The number of carbonyl (C=O) groups is 2. The number of aromatic nitrogens is 2. The molecular weight excluding hydrogens is 340 g/mol. The second-order valence-electron chi connectivity index (χ2n) is 7.35. The summed E-state index contributed by atoms with van der Waals surface area (Å²) >= 11 is 0. The van der Waals surface area contributed by atoms with E-state index in [0.717, 1.165) is 41.6 Å². The van der Waals surface area contributed by atoms with E-state index in [1.54, 1.807) is 4.90 Å². The third-order valence-electron chi connectivity index (χ3n) is 4.97. The van der Waals surface area contributed by atoms with E-state index in [1.165, 1.54) is 0 Å². The van der Waals surface area contributed by atoms with Crippen LogP contribution in [0.3, 0.4) is 0 Å². The zero-order valence-corrected chi connectivity index (χ0v) is 16.4. The van der Waals surface area contributed by atoms with Gasteiger partial charge in [0.1, 0.15) is 0 Å². The molecule has 0 aliphatic carbocycles. The van der Waals surface area contributed by atoms with Gasteiger partial charge in [-0.3, -0.25) is 14.7 Å². The predicted molar refractivity (Wildman–Crippen MR) is 105 cm³/mol. The summed E-state index contributed by atoms with van der Waals surface area (Å²) in [5.74, 6) is -0.160. The van der Waals surface area contributed by atoms with Crippen LogP contribution in [0.4, 0.5) is 0 Å². The molecular formula is C21H28N4O2. The quantitative estimate of drug-likeness (QED) is 0.769. The average Bonchev–Trinajstić information content (AvgIpc) is 3.07. The number of nitrogens with one attached hydrogen (secondary N) is 2. The normalized spacial score (nSPS) is 13.4. The van der Waals surface area contributed by atoms with Gasteiger partial charge < -0.3 is 10.2 Å². The van der Waals surface area contributed by atoms with Gasteiger partial charge in [0.15, 0.2) is 5.69 Å². The minimum absolute atomic E-state index is 0.00274. The Hall–Kier alpha value is -2.63. The number of aryl methyl sites for hydroxylation is 2. The molecule has 1 aliphatic heterocycles. The second kappa shape index (κ2) is 8.37. The maximum Gasteiger partial charge on any atom is 0.272 e. The van der Waals surface area contributed by atoms with Gasteiger partial charge in [-0.1, -0.05) is 37.0 Å². The molecule has 0 spiro atoms. The molecule has 2 aromatic rings. The van der Waals surface area contributed by atoms with Crippen molar-refractivity contribution >= 4 is 11.8 Å². The Balaban J connectivity index is 1.72. The van der Waals surface area contributed by atoms with Crippen molar-refractivity contribution in [2.24, 2.45) is 0 Å². The van der Waals surface area contributed by atoms with E-state index in [9.17, 15) is 9.59 Å². The molecule has 6 nitrogen and oxygen atoms in total. The van der Waals surface area contributed by atoms with Gasteiger partial charge in [-0.05, 0) is 32.4 Å². The van der Waals surface area contributed by atoms with Gasteiger partial charge in [-0.25, -0.2) is 0 Å². The van der Waals surface area contributed by atoms with Crippen LogP contribution in [-0.2, 0) is 13.0 Å². The number of fused-ring (bicyclic) bond motifs is 1. The van der Waals surface area contributed by atoms with Crippen LogP contribution in [-0.4, -0.2) is 40.0 Å². The summed E-state index contributed by atoms with van der Waals surface area (Å²) in [5, 5.41) is 10.1. The first-order valence-corrected chi connectivity index (χ1v) is 9.71. The number of benzene rings is 1. The Morgan fingerprint density at radius 2 is 1.93 bits per heavy atom. The lowest BCUT2D eigenvalue weighted by molar-refractivity contribution is 0.0731. The Bertz CT molecular complexity index is 820. The molecule has 2 N–H and O–H groups in total. The number of carbonyl (C=O) groups excluding carboxylic acids is 2. The monoisotopic (exact) mass is 368 g/mol. The molecule has 1 aromatic carbocycles. The third-order valence-corrected chi connectivity index (χ3v) is 4.97. The highest BCUT2D eigenvalue weighted by Crippen LogP contribution is 2.22. The zero-order valence-electron chi connectivity index (χ0n) is 16.4. The average molecular weight is 368 g/mol. The SMILES string of the molecule is CCCCCNC(=O)c1n[nH]c2c1CN(C(=O)c1cc(C)cc(C)c1)CC2. The van der Waals surface area contributed by atoms with E-state index in [0.29, 0.717) is 37.3 Å². The van der Waals surface area contributed by atoms with Gasteiger partial charge in [0.05, 0.1) is 6.54 Å². The number of amides is 2. The highest BCUT2D eigenvalue weighted by Gasteiger charge is 2.28. The van der Waals surface area contributed by atoms with Gasteiger partial charge in [-0.15, -0.1) is 0 Å². The second-order valence-corrected chi connectivity index (χ2v) is 7.35. The number of H-pyrrole nitrogens is 1. The van der Waals surface area contributed by atoms with Gasteiger partial charge in [0.25, 0.3) is 11.8 Å². The maximum absolute atomic E-state index is 13.0. The molecule has 6 heteroatoms. The fourth-order valence-electron chi connectivity index (χ4n) is 3.60. The lowest BCUT2D eigenvalue weighted by atomic mass is 10.0. The molecule has 0 bridgehead atoms. The summed E-state index contributed by atoms with van der Waals surface area (Å²) in [6, 6.07) is 5.89. The van der Waals surface area contributed by atoms with Gasteiger partial charge in [-0.2, -0.15) is 5.10 Å². The van der Waals surface area contributed by atoms with Crippen molar-refractivity contribution in [2.45, 2.75) is 53.0 Å². The fraction of sp³-hybridized carbons (Fsp3) is 0.476. The van der Waals surface area contributed by atoms with Crippen LogP contribution in [0, 0.1) is 13.8 Å². The number of hydrogen-bond acceptors (Lipinski definition) is 3. The first-order valence-electron chi connectivity index (χ1n) is 9.71. The van der Waals surface area contributed by atoms with Gasteiger partial charge in [0, 0.05) is 36.3 Å². The molecule has 144 valence electrons. The van der Waals surface area contributed by atoms with Crippen LogP contribution in [0.5, 0.6) is 0 Å². The summed E-state index contributed by atoms with van der Waals surface area (Å²) in [6.07, 6.45) is 3.86. The van der Waals surface area contributed by atoms with E-state index in [4.69, 9.17) is 0 Å². The summed E-state index contributed by atoms with van der Waals surface area (Å²) in [5.41, 5.74) is 5.06. The molecule has 0 saturated carbocycles. The Labute approximate surface area is 160 Å². The third kappa shape index (κ3) is 4.38. The molecule has 1 aliphatic rings. The highest BCUT2D eigenvalue weighted by molar-refractivity contribution is 5.96. The lowest BCUT2D eigenvalue weighted by Gasteiger charge is -2.27. The smallest absolute Gasteiger partial charge is 0.272 e. The first-order chi connectivity index (χ1) is 13.0. The minimum atomic E-state index is -0.163. The zero-order chi connectivity index (χ0) is 19.4. The van der Waals surface area contributed by atoms with Crippen LogP contribution >= 0.6 is 0 Å². The Morgan fingerprint density at radius 1 is 1.19 bits per heavy atom. The van der Waals surface area contributed by atoms with Crippen LogP contribution < -0.4 is 5.32 Å². The summed E-state index contributed by atoms with van der Waals surface area (Å²) < 4.78 is 0.